The topological polar surface area (TPSA) is 188 Å². The Morgan fingerprint density at radius 1 is 0.425 bits per heavy atom. The average molecular weight is 1100 g/mol. The zero-order valence-corrected chi connectivity index (χ0v) is 48.4. The van der Waals surface area contributed by atoms with E-state index in [1.165, 1.54) is 108 Å². The molecular weight excluding hydrogens is 1010 g/mol. The van der Waals surface area contributed by atoms with E-state index in [4.69, 9.17) is 14.6 Å². The highest BCUT2D eigenvalue weighted by atomic mass is 19.1. The van der Waals surface area contributed by atoms with Crippen LogP contribution in [0.2, 0.25) is 0 Å². The van der Waals surface area contributed by atoms with Crippen molar-refractivity contribution in [2.24, 2.45) is 0 Å². The second-order valence-electron chi connectivity index (χ2n) is 18.7. The molecule has 0 aliphatic rings. The number of methoxy groups -OCH3 is 2. The summed E-state index contributed by atoms with van der Waals surface area (Å²) in [6.45, 7) is 12.1. The molecule has 432 valence electrons. The molecule has 0 unspecified atom stereocenters. The number of aryl methyl sites for hydroxylation is 2. The molecule has 0 aliphatic carbocycles. The summed E-state index contributed by atoms with van der Waals surface area (Å²) >= 11 is 0. The normalized spacial score (nSPS) is 11.4. The number of hydrogen-bond donors (Lipinski definition) is 5. The van der Waals surface area contributed by atoms with Crippen molar-refractivity contribution in [1.29, 1.82) is 0 Å². The first-order valence-electron chi connectivity index (χ1n) is 27.7. The van der Waals surface area contributed by atoms with Gasteiger partial charge in [-0.05, 0) is 184 Å². The summed E-state index contributed by atoms with van der Waals surface area (Å²) in [6.07, 6.45) is 43.6. The maximum absolute atomic E-state index is 13.7. The van der Waals surface area contributed by atoms with Gasteiger partial charge in [-0.25, -0.2) is 4.39 Å². The summed E-state index contributed by atoms with van der Waals surface area (Å²) in [5.41, 5.74) is 3.83. The van der Waals surface area contributed by atoms with Crippen LogP contribution in [0.3, 0.4) is 0 Å². The van der Waals surface area contributed by atoms with Crippen LogP contribution in [0.5, 0.6) is 40.2 Å². The molecule has 0 saturated carbocycles. The van der Waals surface area contributed by atoms with Gasteiger partial charge in [0.2, 0.25) is 5.75 Å². The lowest BCUT2D eigenvalue weighted by molar-refractivity contribution is -0.111. The third-order valence-electron chi connectivity index (χ3n) is 11.8. The van der Waals surface area contributed by atoms with Crippen LogP contribution in [0.1, 0.15) is 164 Å². The zero-order chi connectivity index (χ0) is 59.5. The van der Waals surface area contributed by atoms with Gasteiger partial charge in [-0.15, -0.1) is 0 Å². The minimum absolute atomic E-state index is 0.0313. The molecule has 0 amide bonds. The first-order valence-corrected chi connectivity index (χ1v) is 27.7. The number of allylic oxidation sites excluding steroid dienone is 12. The molecule has 0 saturated heterocycles. The number of unbranched alkanes of at least 4 members (excludes halogenated alkanes) is 12. The van der Waals surface area contributed by atoms with Crippen molar-refractivity contribution < 1.29 is 58.6 Å². The summed E-state index contributed by atoms with van der Waals surface area (Å²) in [7, 11) is 2.90. The maximum atomic E-state index is 13.7. The predicted molar refractivity (Wildman–Crippen MR) is 326 cm³/mol. The fraction of sp³-hybridized carbons (Fsp3) is 0.353. The van der Waals surface area contributed by atoms with E-state index in [0.29, 0.717) is 28.0 Å². The summed E-state index contributed by atoms with van der Waals surface area (Å²) in [5, 5.41) is 47.3. The van der Waals surface area contributed by atoms with Gasteiger partial charge in [-0.2, -0.15) is 0 Å². The molecule has 4 aromatic carbocycles. The van der Waals surface area contributed by atoms with Crippen molar-refractivity contribution in [2.45, 2.75) is 144 Å². The number of rotatable bonds is 30. The number of benzene rings is 4. The lowest BCUT2D eigenvalue weighted by Crippen LogP contribution is -1.89. The smallest absolute Gasteiger partial charge is 0.200 e. The third kappa shape index (κ3) is 31.4. The van der Waals surface area contributed by atoms with Gasteiger partial charge in [0.15, 0.2) is 57.6 Å². The fourth-order valence-electron chi connectivity index (χ4n) is 7.11. The van der Waals surface area contributed by atoms with Crippen molar-refractivity contribution in [3.05, 3.63) is 173 Å². The van der Waals surface area contributed by atoms with Crippen LogP contribution in [0, 0.1) is 19.7 Å². The molecule has 0 fully saturated rings. The molecular formula is C68H87FO11. The molecule has 0 radical (unpaired) electrons. The Morgan fingerprint density at radius 2 is 0.812 bits per heavy atom. The molecule has 0 heterocycles. The predicted octanol–water partition coefficient (Wildman–Crippen LogP) is 16.9. The Hall–Kier alpha value is -7.99. The van der Waals surface area contributed by atoms with Gasteiger partial charge in [0.1, 0.15) is 5.82 Å². The number of phenols is 5. The Morgan fingerprint density at radius 3 is 1.23 bits per heavy atom. The van der Waals surface area contributed by atoms with E-state index < -0.39 is 0 Å². The van der Waals surface area contributed by atoms with Gasteiger partial charge in [0.25, 0.3) is 0 Å². The van der Waals surface area contributed by atoms with E-state index in [1.54, 1.807) is 92.8 Å². The number of ether oxygens (including phenoxy) is 2. The van der Waals surface area contributed by atoms with Crippen molar-refractivity contribution in [3.8, 4) is 40.2 Å². The molecule has 0 spiro atoms. The molecule has 4 rings (SSSR count). The Labute approximate surface area is 475 Å². The van der Waals surface area contributed by atoms with Crippen LogP contribution >= 0.6 is 0 Å². The second kappa shape index (κ2) is 43.0. The number of aromatic hydroxyl groups is 5. The van der Waals surface area contributed by atoms with E-state index in [2.05, 4.69) is 27.7 Å². The van der Waals surface area contributed by atoms with Gasteiger partial charge in [0, 0.05) is 5.56 Å². The van der Waals surface area contributed by atoms with Crippen LogP contribution in [0.15, 0.2) is 134 Å². The summed E-state index contributed by atoms with van der Waals surface area (Å²) < 4.78 is 23.7. The summed E-state index contributed by atoms with van der Waals surface area (Å²) in [5.74, 6) is -0.822. The number of ketones is 4. The molecule has 5 N–H and O–H groups in total. The Kier molecular flexibility index (Phi) is 37.6. The minimum Gasteiger partial charge on any atom is -0.504 e. The highest BCUT2D eigenvalue weighted by Crippen LogP contribution is 2.36. The minimum atomic E-state index is -0.309. The van der Waals surface area contributed by atoms with Crippen LogP contribution in [-0.4, -0.2) is 62.9 Å². The SMILES string of the molecule is CCCCC/C=C\C(=O)/C=C/c1cc(C)c(O)c(OC)c1.CCCCC/C=C\C(=O)/C=C/c1cc(O)c(O)c(OC)c1.CCCCC/C=C\C(=O)/C=C/c1ccc(O)c(O)c1.CCCCC/C=C\C(=O)/C=C/c1cccc(C)c1F. The van der Waals surface area contributed by atoms with Crippen LogP contribution in [-0.2, 0) is 19.2 Å². The molecule has 12 heteroatoms. The summed E-state index contributed by atoms with van der Waals surface area (Å²) in [6, 6.07) is 16.0. The molecule has 0 aromatic heterocycles. The van der Waals surface area contributed by atoms with Crippen molar-refractivity contribution in [1.82, 2.24) is 0 Å². The maximum Gasteiger partial charge on any atom is 0.200 e. The number of phenolic OH excluding ortho intramolecular Hbond substituents is 5. The van der Waals surface area contributed by atoms with Crippen molar-refractivity contribution >= 4 is 47.4 Å². The highest BCUT2D eigenvalue weighted by molar-refractivity contribution is 6.03. The van der Waals surface area contributed by atoms with E-state index in [9.17, 15) is 44.0 Å². The van der Waals surface area contributed by atoms with Gasteiger partial charge in [0.05, 0.1) is 14.2 Å². The fourth-order valence-corrected chi connectivity index (χ4v) is 7.11. The standard InChI is InChI=1S/C18H24O3.C17H21FO.C17H22O4.C16H20O3/c1-4-5-6-7-8-9-16(19)11-10-15-12-14(2)18(20)17(13-15)21-3;1-3-4-5-6-7-11-16(19)13-12-15-10-8-9-14(2)17(15)18;1-3-4-5-6-7-8-14(18)10-9-13-11-15(19)17(20)16(12-13)21-2;1-2-3-4-5-6-7-14(17)10-8-13-9-11-15(18)16(19)12-13/h8-13,20H,4-7H2,1-3H3;7-13H,3-6H2,1-2H3;7-12,19-20H,3-6H2,1-2H3;6-12,18-19H,2-5H2,1H3/b9-8-,11-10+;11-7-,13-12+;8-7-,10-9+;7-6-,10-8+. The molecule has 11 nitrogen and oxygen atoms in total. The number of halogens is 1. The Bertz CT molecular complexity index is 2660. The van der Waals surface area contributed by atoms with Crippen molar-refractivity contribution in [3.63, 3.8) is 0 Å². The first-order chi connectivity index (χ1) is 38.4. The quantitative estimate of drug-likeness (QED) is 0.0190. The van der Waals surface area contributed by atoms with E-state index >= 15 is 0 Å². The molecule has 0 bridgehead atoms. The lowest BCUT2D eigenvalue weighted by atomic mass is 10.1. The molecule has 0 aliphatic heterocycles. The van der Waals surface area contributed by atoms with Crippen molar-refractivity contribution in [2.75, 3.05) is 14.2 Å². The second-order valence-corrected chi connectivity index (χ2v) is 18.7. The van der Waals surface area contributed by atoms with E-state index in [-0.39, 0.29) is 63.4 Å². The highest BCUT2D eigenvalue weighted by Gasteiger charge is 2.09. The average Bonchev–Trinajstić information content (AvgIpc) is 3.44. The third-order valence-corrected chi connectivity index (χ3v) is 11.8. The van der Waals surface area contributed by atoms with Gasteiger partial charge >= 0.3 is 0 Å². The van der Waals surface area contributed by atoms with Crippen LogP contribution < -0.4 is 9.47 Å². The monoisotopic (exact) mass is 1100 g/mol. The zero-order valence-electron chi connectivity index (χ0n) is 48.4. The molecule has 80 heavy (non-hydrogen) atoms. The van der Waals surface area contributed by atoms with Crippen LogP contribution in [0.4, 0.5) is 4.39 Å². The van der Waals surface area contributed by atoms with E-state index in [1.807, 2.05) is 30.4 Å². The number of carbonyl (C=O) groups excluding carboxylic acids is 4. The number of carbonyl (C=O) groups is 4. The molecule has 0 atom stereocenters. The first kappa shape index (κ1) is 70.0. The van der Waals surface area contributed by atoms with E-state index in [0.717, 1.165) is 68.9 Å². The van der Waals surface area contributed by atoms with Gasteiger partial charge < -0.3 is 35.0 Å². The van der Waals surface area contributed by atoms with Gasteiger partial charge in [-0.3, -0.25) is 19.2 Å². The number of hydrogen-bond acceptors (Lipinski definition) is 11. The Balaban J connectivity index is 0.000000534. The largest absolute Gasteiger partial charge is 0.504 e. The molecule has 4 aromatic rings. The summed E-state index contributed by atoms with van der Waals surface area (Å²) in [4.78, 5) is 46.4. The lowest BCUT2D eigenvalue weighted by Gasteiger charge is -2.07. The van der Waals surface area contributed by atoms with Crippen LogP contribution in [0.25, 0.3) is 24.3 Å². The van der Waals surface area contributed by atoms with Gasteiger partial charge in [-0.1, -0.05) is 146 Å².